The van der Waals surface area contributed by atoms with Gasteiger partial charge in [-0.1, -0.05) is 0 Å². The van der Waals surface area contributed by atoms with Crippen LogP contribution in [0.4, 0.5) is 23.5 Å². The minimum atomic E-state index is -4.81. The van der Waals surface area contributed by atoms with Crippen LogP contribution in [0.2, 0.25) is 0 Å². The van der Waals surface area contributed by atoms with Crippen molar-refractivity contribution < 1.29 is 27.1 Å². The number of amides is 1. The van der Waals surface area contributed by atoms with E-state index < -0.39 is 34.5 Å². The molecule has 1 aliphatic heterocycles. The Morgan fingerprint density at radius 1 is 1.17 bits per heavy atom. The fourth-order valence-electron chi connectivity index (χ4n) is 6.29. The van der Waals surface area contributed by atoms with Gasteiger partial charge < -0.3 is 15.0 Å². The van der Waals surface area contributed by atoms with Crippen LogP contribution in [0.25, 0.3) is 0 Å². The quantitative estimate of drug-likeness (QED) is 0.748. The molecule has 5 fully saturated rings. The molecule has 4 saturated carbocycles. The summed E-state index contributed by atoms with van der Waals surface area (Å²) in [5.41, 5.74) is -3.69. The molecule has 6 nitrogen and oxygen atoms in total. The molecule has 1 amide bonds. The Morgan fingerprint density at radius 3 is 2.43 bits per heavy atom. The molecule has 30 heavy (non-hydrogen) atoms. The van der Waals surface area contributed by atoms with E-state index in [0.29, 0.717) is 25.7 Å². The molecule has 1 saturated heterocycles. The largest absolute Gasteiger partial charge is 0.434 e. The first-order valence-corrected chi connectivity index (χ1v) is 10.4. The predicted molar refractivity (Wildman–Crippen MR) is 98.6 cm³/mol. The highest BCUT2D eigenvalue weighted by Gasteiger charge is 2.58. The second kappa shape index (κ2) is 6.77. The van der Waals surface area contributed by atoms with Crippen LogP contribution in [-0.2, 0) is 10.9 Å². The maximum atomic E-state index is 15.2. The normalized spacial score (nSPS) is 35.5. The van der Waals surface area contributed by atoms with Crippen molar-refractivity contribution >= 4 is 11.9 Å². The summed E-state index contributed by atoms with van der Waals surface area (Å²) in [6.07, 6.45) is -0.101. The molecule has 4 bridgehead atoms. The molecule has 2 heterocycles. The number of rotatable bonds is 3. The zero-order valence-electron chi connectivity index (χ0n) is 16.5. The van der Waals surface area contributed by atoms with Crippen molar-refractivity contribution in [3.63, 3.8) is 0 Å². The first-order chi connectivity index (χ1) is 14.1. The Balaban J connectivity index is 1.43. The SMILES string of the molecule is O=C(c1cnc(NC23CC4CC(CC(F)(C4)C2)C3)nc1C(F)(F)F)N1CCOCC1. The molecule has 164 valence electrons. The number of nitrogens with one attached hydrogen (secondary N) is 1. The summed E-state index contributed by atoms with van der Waals surface area (Å²) in [7, 11) is 0. The van der Waals surface area contributed by atoms with Gasteiger partial charge in [0.15, 0.2) is 5.69 Å². The Morgan fingerprint density at radius 2 is 1.83 bits per heavy atom. The number of morpholine rings is 1. The molecule has 0 spiro atoms. The fourth-order valence-corrected chi connectivity index (χ4v) is 6.29. The van der Waals surface area contributed by atoms with Crippen LogP contribution in [0.5, 0.6) is 0 Å². The number of carbonyl (C=O) groups excluding carboxylic acids is 1. The highest BCUT2D eigenvalue weighted by atomic mass is 19.4. The van der Waals surface area contributed by atoms with E-state index in [1.165, 1.54) is 4.90 Å². The number of halogens is 4. The molecule has 0 aromatic carbocycles. The average molecular weight is 428 g/mol. The van der Waals surface area contributed by atoms with Gasteiger partial charge in [-0.25, -0.2) is 14.4 Å². The van der Waals surface area contributed by atoms with Crippen molar-refractivity contribution in [2.45, 2.75) is 55.9 Å². The molecule has 1 aromatic heterocycles. The number of aromatic nitrogens is 2. The summed E-state index contributed by atoms with van der Waals surface area (Å²) in [5.74, 6) is -0.456. The lowest BCUT2D eigenvalue weighted by Gasteiger charge is -2.59. The van der Waals surface area contributed by atoms with Crippen LogP contribution in [0, 0.1) is 11.8 Å². The van der Waals surface area contributed by atoms with Crippen LogP contribution < -0.4 is 5.32 Å². The van der Waals surface area contributed by atoms with Crippen molar-refractivity contribution in [2.24, 2.45) is 11.8 Å². The number of nitrogens with zero attached hydrogens (tertiary/aromatic N) is 3. The first-order valence-electron chi connectivity index (χ1n) is 10.4. The topological polar surface area (TPSA) is 67.4 Å². The van der Waals surface area contributed by atoms with Gasteiger partial charge in [-0.05, 0) is 43.9 Å². The van der Waals surface area contributed by atoms with E-state index in [1.54, 1.807) is 0 Å². The summed E-state index contributed by atoms with van der Waals surface area (Å²) < 4.78 is 61.5. The second-order valence-electron chi connectivity index (χ2n) is 9.38. The monoisotopic (exact) mass is 428 g/mol. The van der Waals surface area contributed by atoms with Gasteiger partial charge in [0.2, 0.25) is 5.95 Å². The van der Waals surface area contributed by atoms with Gasteiger partial charge in [-0.2, -0.15) is 13.2 Å². The van der Waals surface area contributed by atoms with Crippen LogP contribution >= 0.6 is 0 Å². The van der Waals surface area contributed by atoms with Gasteiger partial charge in [0.25, 0.3) is 5.91 Å². The van der Waals surface area contributed by atoms with E-state index in [-0.39, 0.29) is 50.5 Å². The summed E-state index contributed by atoms with van der Waals surface area (Å²) in [6, 6.07) is 0. The van der Waals surface area contributed by atoms with E-state index >= 15 is 4.39 Å². The molecule has 0 radical (unpaired) electrons. The number of hydrogen-bond acceptors (Lipinski definition) is 5. The van der Waals surface area contributed by atoms with Gasteiger partial charge in [0.1, 0.15) is 5.67 Å². The standard InChI is InChI=1S/C20H24F4N4O2/c21-18-6-12-5-13(7-18)9-19(8-12,11-18)27-17-25-10-14(15(26-17)20(22,23)24)16(29)28-1-3-30-4-2-28/h10,12-13H,1-9,11H2,(H,25,26,27). The minimum absolute atomic E-state index is 0.189. The van der Waals surface area contributed by atoms with Gasteiger partial charge in [-0.15, -0.1) is 0 Å². The lowest BCUT2D eigenvalue weighted by Crippen LogP contribution is -2.60. The maximum Gasteiger partial charge on any atom is 0.434 e. The molecule has 1 aromatic rings. The smallest absolute Gasteiger partial charge is 0.378 e. The molecule has 1 N–H and O–H groups in total. The summed E-state index contributed by atoms with van der Waals surface area (Å²) in [5, 5.41) is 3.06. The van der Waals surface area contributed by atoms with Crippen molar-refractivity contribution in [3.05, 3.63) is 17.5 Å². The third-order valence-corrected chi connectivity index (χ3v) is 6.95. The molecule has 4 aliphatic carbocycles. The molecule has 6 rings (SSSR count). The Hall–Kier alpha value is -1.97. The number of ether oxygens (including phenoxy) is 1. The van der Waals surface area contributed by atoms with E-state index in [0.717, 1.165) is 12.6 Å². The lowest BCUT2D eigenvalue weighted by atomic mass is 9.52. The van der Waals surface area contributed by atoms with Crippen LogP contribution in [-0.4, -0.2) is 58.3 Å². The Labute approximate surface area is 171 Å². The predicted octanol–water partition coefficient (Wildman–Crippen LogP) is 3.44. The van der Waals surface area contributed by atoms with Crippen LogP contribution in [0.15, 0.2) is 6.20 Å². The molecule has 2 unspecified atom stereocenters. The maximum absolute atomic E-state index is 15.2. The highest BCUT2D eigenvalue weighted by molar-refractivity contribution is 5.95. The van der Waals surface area contributed by atoms with Crippen molar-refractivity contribution in [1.29, 1.82) is 0 Å². The first kappa shape index (κ1) is 20.0. The minimum Gasteiger partial charge on any atom is -0.378 e. The Bertz CT molecular complexity index is 842. The highest BCUT2D eigenvalue weighted by Crippen LogP contribution is 2.59. The molecular formula is C20H24F4N4O2. The third kappa shape index (κ3) is 3.52. The summed E-state index contributed by atoms with van der Waals surface area (Å²) in [6.45, 7) is 1.01. The van der Waals surface area contributed by atoms with Crippen molar-refractivity contribution in [1.82, 2.24) is 14.9 Å². The van der Waals surface area contributed by atoms with E-state index in [1.807, 2.05) is 0 Å². The van der Waals surface area contributed by atoms with E-state index in [4.69, 9.17) is 4.74 Å². The number of anilines is 1. The molecule has 5 aliphatic rings. The zero-order valence-corrected chi connectivity index (χ0v) is 16.5. The van der Waals surface area contributed by atoms with E-state index in [2.05, 4.69) is 15.3 Å². The van der Waals surface area contributed by atoms with Crippen LogP contribution in [0.3, 0.4) is 0 Å². The van der Waals surface area contributed by atoms with E-state index in [9.17, 15) is 18.0 Å². The lowest BCUT2D eigenvalue weighted by molar-refractivity contribution is -0.141. The summed E-state index contributed by atoms with van der Waals surface area (Å²) >= 11 is 0. The van der Waals surface area contributed by atoms with Gasteiger partial charge in [0, 0.05) is 31.2 Å². The molecular weight excluding hydrogens is 404 g/mol. The fraction of sp³-hybridized carbons (Fsp3) is 0.750. The van der Waals surface area contributed by atoms with Crippen molar-refractivity contribution in [2.75, 3.05) is 31.6 Å². The molecule has 10 heteroatoms. The molecule has 2 atom stereocenters. The van der Waals surface area contributed by atoms with Gasteiger partial charge in [-0.3, -0.25) is 4.79 Å². The van der Waals surface area contributed by atoms with Gasteiger partial charge in [0.05, 0.1) is 18.8 Å². The Kier molecular flexibility index (Phi) is 4.50. The van der Waals surface area contributed by atoms with Gasteiger partial charge >= 0.3 is 6.18 Å². The summed E-state index contributed by atoms with van der Waals surface area (Å²) in [4.78, 5) is 21.7. The number of alkyl halides is 4. The van der Waals surface area contributed by atoms with Crippen molar-refractivity contribution in [3.8, 4) is 0 Å². The van der Waals surface area contributed by atoms with Crippen LogP contribution in [0.1, 0.15) is 54.6 Å². The number of carbonyl (C=O) groups is 1. The third-order valence-electron chi connectivity index (χ3n) is 6.95. The average Bonchev–Trinajstić information content (AvgIpc) is 2.65. The zero-order chi connectivity index (χ0) is 21.1. The number of hydrogen-bond donors (Lipinski definition) is 1. The second-order valence-corrected chi connectivity index (χ2v) is 9.38.